The highest BCUT2D eigenvalue weighted by molar-refractivity contribution is 5.48. The number of nitrogens with two attached hydrogens (primary N) is 1. The van der Waals surface area contributed by atoms with E-state index in [4.69, 9.17) is 5.73 Å². The van der Waals surface area contributed by atoms with Crippen LogP contribution in [0.2, 0.25) is 0 Å². The third-order valence-electron chi connectivity index (χ3n) is 4.29. The zero-order valence-electron chi connectivity index (χ0n) is 10.9. The number of anilines is 2. The predicted octanol–water partition coefficient (Wildman–Crippen LogP) is 1.73. The molecule has 98 valence electrons. The van der Waals surface area contributed by atoms with Crippen LogP contribution in [0.5, 0.6) is 0 Å². The molecule has 0 atom stereocenters. The van der Waals surface area contributed by atoms with Crippen LogP contribution in [0.15, 0.2) is 18.3 Å². The van der Waals surface area contributed by atoms with E-state index < -0.39 is 0 Å². The van der Waals surface area contributed by atoms with E-state index in [1.165, 1.54) is 44.5 Å². The predicted molar refractivity (Wildman–Crippen MR) is 74.7 cm³/mol. The van der Waals surface area contributed by atoms with Crippen molar-refractivity contribution in [3.63, 3.8) is 0 Å². The van der Waals surface area contributed by atoms with Crippen LogP contribution in [0, 0.1) is 0 Å². The Labute approximate surface area is 109 Å². The van der Waals surface area contributed by atoms with Gasteiger partial charge in [-0.05, 0) is 25.0 Å². The molecule has 0 bridgehead atoms. The first-order valence-corrected chi connectivity index (χ1v) is 7.03. The van der Waals surface area contributed by atoms with Gasteiger partial charge in [-0.1, -0.05) is 12.8 Å². The number of nitrogen functional groups attached to an aromatic ring is 1. The maximum Gasteiger partial charge on any atom is 0.123 e. The molecule has 1 aliphatic heterocycles. The fourth-order valence-electron chi connectivity index (χ4n) is 3.20. The molecule has 1 aliphatic carbocycles. The third kappa shape index (κ3) is 2.43. The maximum atomic E-state index is 5.62. The van der Waals surface area contributed by atoms with Crippen molar-refractivity contribution in [2.24, 2.45) is 0 Å². The first-order valence-electron chi connectivity index (χ1n) is 7.03. The Morgan fingerprint density at radius 1 is 1.06 bits per heavy atom. The van der Waals surface area contributed by atoms with Gasteiger partial charge in [0.15, 0.2) is 0 Å². The summed E-state index contributed by atoms with van der Waals surface area (Å²) in [7, 11) is 0. The summed E-state index contributed by atoms with van der Waals surface area (Å²) in [5.74, 6) is 0.600. The van der Waals surface area contributed by atoms with E-state index in [9.17, 15) is 0 Å². The van der Waals surface area contributed by atoms with Crippen LogP contribution >= 0.6 is 0 Å². The van der Waals surface area contributed by atoms with Crippen molar-refractivity contribution in [2.45, 2.75) is 31.7 Å². The van der Waals surface area contributed by atoms with Crippen LogP contribution in [-0.2, 0) is 0 Å². The molecule has 1 aromatic heterocycles. The number of nitrogens with zero attached hydrogens (tertiary/aromatic N) is 3. The quantitative estimate of drug-likeness (QED) is 0.863. The van der Waals surface area contributed by atoms with Gasteiger partial charge in [0.25, 0.3) is 0 Å². The lowest BCUT2D eigenvalue weighted by Gasteiger charge is -2.39. The molecule has 2 heterocycles. The van der Waals surface area contributed by atoms with Crippen LogP contribution in [0.1, 0.15) is 25.7 Å². The van der Waals surface area contributed by atoms with Gasteiger partial charge >= 0.3 is 0 Å². The summed E-state index contributed by atoms with van der Waals surface area (Å²) in [4.78, 5) is 9.26. The summed E-state index contributed by atoms with van der Waals surface area (Å²) in [6.45, 7) is 4.61. The Kier molecular flexibility index (Phi) is 3.37. The molecule has 1 aromatic rings. The molecule has 0 aromatic carbocycles. The molecule has 2 N–H and O–H groups in total. The normalized spacial score (nSPS) is 22.6. The van der Waals surface area contributed by atoms with Gasteiger partial charge in [-0.3, -0.25) is 4.90 Å². The second-order valence-electron chi connectivity index (χ2n) is 5.40. The van der Waals surface area contributed by atoms with Gasteiger partial charge in [0.2, 0.25) is 0 Å². The van der Waals surface area contributed by atoms with Crippen LogP contribution in [0.25, 0.3) is 0 Å². The summed E-state index contributed by atoms with van der Waals surface area (Å²) in [5, 5.41) is 0. The number of hydrogen-bond acceptors (Lipinski definition) is 4. The molecule has 18 heavy (non-hydrogen) atoms. The molecule has 3 rings (SSSR count). The van der Waals surface area contributed by atoms with E-state index in [0.29, 0.717) is 5.82 Å². The summed E-state index contributed by atoms with van der Waals surface area (Å²) in [6, 6.07) is 4.82. The molecule has 0 amide bonds. The standard InChI is InChI=1S/C14H22N4/c15-14-6-5-13(11-16-14)18-9-7-17(8-10-18)12-3-1-2-4-12/h5-6,11-12H,1-4,7-10H2,(H2,15,16). The smallest absolute Gasteiger partial charge is 0.123 e. The van der Waals surface area contributed by atoms with Gasteiger partial charge in [0.05, 0.1) is 11.9 Å². The molecule has 2 aliphatic rings. The average Bonchev–Trinajstić information content (AvgIpc) is 2.94. The SMILES string of the molecule is Nc1ccc(N2CCN(C3CCCC3)CC2)cn1. The highest BCUT2D eigenvalue weighted by Crippen LogP contribution is 2.25. The molecular weight excluding hydrogens is 224 g/mol. The molecular formula is C14H22N4. The van der Waals surface area contributed by atoms with E-state index in [0.717, 1.165) is 19.1 Å². The van der Waals surface area contributed by atoms with Crippen LogP contribution < -0.4 is 10.6 Å². The first kappa shape index (κ1) is 11.8. The molecule has 0 spiro atoms. The molecule has 0 radical (unpaired) electrons. The summed E-state index contributed by atoms with van der Waals surface area (Å²) in [5.41, 5.74) is 6.83. The highest BCUT2D eigenvalue weighted by Gasteiger charge is 2.26. The Balaban J connectivity index is 1.57. The number of aromatic nitrogens is 1. The minimum absolute atomic E-state index is 0.600. The van der Waals surface area contributed by atoms with E-state index in [1.54, 1.807) is 0 Å². The molecule has 1 saturated carbocycles. The van der Waals surface area contributed by atoms with Crippen molar-refractivity contribution in [3.8, 4) is 0 Å². The molecule has 4 nitrogen and oxygen atoms in total. The zero-order chi connectivity index (χ0) is 12.4. The number of rotatable bonds is 2. The second kappa shape index (κ2) is 5.14. The fraction of sp³-hybridized carbons (Fsp3) is 0.643. The van der Waals surface area contributed by atoms with Gasteiger partial charge < -0.3 is 10.6 Å². The average molecular weight is 246 g/mol. The van der Waals surface area contributed by atoms with Crippen molar-refractivity contribution in [1.82, 2.24) is 9.88 Å². The van der Waals surface area contributed by atoms with Gasteiger partial charge in [0.1, 0.15) is 5.82 Å². The Morgan fingerprint density at radius 2 is 1.78 bits per heavy atom. The van der Waals surface area contributed by atoms with E-state index in [1.807, 2.05) is 12.3 Å². The molecule has 0 unspecified atom stereocenters. The maximum absolute atomic E-state index is 5.62. The lowest BCUT2D eigenvalue weighted by molar-refractivity contribution is 0.187. The van der Waals surface area contributed by atoms with Crippen molar-refractivity contribution < 1.29 is 0 Å². The van der Waals surface area contributed by atoms with Crippen LogP contribution in [0.4, 0.5) is 11.5 Å². The third-order valence-corrected chi connectivity index (χ3v) is 4.29. The molecule has 4 heteroatoms. The minimum atomic E-state index is 0.600. The van der Waals surface area contributed by atoms with Crippen molar-refractivity contribution >= 4 is 11.5 Å². The van der Waals surface area contributed by atoms with Gasteiger partial charge in [-0.15, -0.1) is 0 Å². The Bertz CT molecular complexity index is 375. The minimum Gasteiger partial charge on any atom is -0.384 e. The molecule has 2 fully saturated rings. The van der Waals surface area contributed by atoms with Crippen LogP contribution in [0.3, 0.4) is 0 Å². The fourth-order valence-corrected chi connectivity index (χ4v) is 3.20. The van der Waals surface area contributed by atoms with E-state index >= 15 is 0 Å². The van der Waals surface area contributed by atoms with E-state index in [-0.39, 0.29) is 0 Å². The second-order valence-corrected chi connectivity index (χ2v) is 5.40. The van der Waals surface area contributed by atoms with Crippen molar-refractivity contribution in [3.05, 3.63) is 18.3 Å². The van der Waals surface area contributed by atoms with Gasteiger partial charge in [-0.2, -0.15) is 0 Å². The Morgan fingerprint density at radius 3 is 2.39 bits per heavy atom. The topological polar surface area (TPSA) is 45.4 Å². The van der Waals surface area contributed by atoms with Gasteiger partial charge in [-0.25, -0.2) is 4.98 Å². The van der Waals surface area contributed by atoms with E-state index in [2.05, 4.69) is 20.9 Å². The first-order chi connectivity index (χ1) is 8.83. The number of hydrogen-bond donors (Lipinski definition) is 1. The lowest BCUT2D eigenvalue weighted by Crippen LogP contribution is -2.49. The molecule has 1 saturated heterocycles. The monoisotopic (exact) mass is 246 g/mol. The number of pyridine rings is 1. The Hall–Kier alpha value is -1.29. The summed E-state index contributed by atoms with van der Waals surface area (Å²) >= 11 is 0. The zero-order valence-corrected chi connectivity index (χ0v) is 10.9. The number of piperazine rings is 1. The van der Waals surface area contributed by atoms with Gasteiger partial charge in [0, 0.05) is 32.2 Å². The van der Waals surface area contributed by atoms with Crippen LogP contribution in [-0.4, -0.2) is 42.1 Å². The highest BCUT2D eigenvalue weighted by atomic mass is 15.3. The van der Waals surface area contributed by atoms with Crippen molar-refractivity contribution in [2.75, 3.05) is 36.8 Å². The largest absolute Gasteiger partial charge is 0.384 e. The summed E-state index contributed by atoms with van der Waals surface area (Å²) in [6.07, 6.45) is 7.55. The van der Waals surface area contributed by atoms with Crippen molar-refractivity contribution in [1.29, 1.82) is 0 Å². The summed E-state index contributed by atoms with van der Waals surface area (Å²) < 4.78 is 0. The lowest BCUT2D eigenvalue weighted by atomic mass is 10.1.